The van der Waals surface area contributed by atoms with Gasteiger partial charge in [0.2, 0.25) is 0 Å². The summed E-state index contributed by atoms with van der Waals surface area (Å²) >= 11 is 9.69. The fraction of sp³-hybridized carbons (Fsp3) is 0.357. The van der Waals surface area contributed by atoms with Crippen molar-refractivity contribution in [3.05, 3.63) is 50.5 Å². The summed E-state index contributed by atoms with van der Waals surface area (Å²) in [5.74, 6) is -0.239. The van der Waals surface area contributed by atoms with E-state index < -0.39 is 0 Å². The monoisotopic (exact) mass is 359 g/mol. The number of nitrogens with one attached hydrogen (secondary N) is 1. The fourth-order valence-electron chi connectivity index (χ4n) is 2.01. The van der Waals surface area contributed by atoms with E-state index in [0.717, 1.165) is 27.8 Å². The molecule has 0 bridgehead atoms. The van der Waals surface area contributed by atoms with Crippen LogP contribution in [-0.2, 0) is 26.6 Å². The summed E-state index contributed by atoms with van der Waals surface area (Å²) in [5.41, 5.74) is 2.72. The van der Waals surface area contributed by atoms with Crippen LogP contribution in [0.15, 0.2) is 22.7 Å². The smallest absolute Gasteiger partial charge is 0.123 e. The molecule has 0 amide bonds. The van der Waals surface area contributed by atoms with E-state index in [2.05, 4.69) is 26.3 Å². The minimum atomic E-state index is -0.239. The molecule has 1 heterocycles. The van der Waals surface area contributed by atoms with E-state index in [0.29, 0.717) is 18.1 Å². The molecule has 0 aliphatic heterocycles. The lowest BCUT2D eigenvalue weighted by Crippen LogP contribution is -2.16. The molecule has 0 radical (unpaired) electrons. The molecular formula is C14H16BrClFN3. The van der Waals surface area contributed by atoms with E-state index in [9.17, 15) is 4.39 Å². The molecule has 1 aromatic heterocycles. The van der Waals surface area contributed by atoms with Crippen molar-refractivity contribution < 1.29 is 4.39 Å². The Bertz CT molecular complexity index is 613. The summed E-state index contributed by atoms with van der Waals surface area (Å²) in [6, 6.07) is 4.65. The molecule has 6 heteroatoms. The summed E-state index contributed by atoms with van der Waals surface area (Å²) in [7, 11) is 1.88. The molecule has 0 spiro atoms. The molecule has 0 aliphatic carbocycles. The molecule has 0 saturated carbocycles. The van der Waals surface area contributed by atoms with Gasteiger partial charge in [0.1, 0.15) is 5.82 Å². The van der Waals surface area contributed by atoms with Crippen LogP contribution in [0.2, 0.25) is 5.02 Å². The highest BCUT2D eigenvalue weighted by atomic mass is 79.9. The molecule has 0 saturated heterocycles. The maximum atomic E-state index is 13.2. The summed E-state index contributed by atoms with van der Waals surface area (Å²) in [5, 5.41) is 8.33. The Morgan fingerprint density at radius 2 is 2.15 bits per heavy atom. The van der Waals surface area contributed by atoms with E-state index in [4.69, 9.17) is 11.6 Å². The predicted molar refractivity (Wildman–Crippen MR) is 82.2 cm³/mol. The first-order valence-corrected chi connectivity index (χ1v) is 7.55. The standard InChI is InChI=1S/C14H16BrClFN3/c1-3-12-14(16)13(20(2)19-12)8-18-7-9-6-10(17)4-5-11(9)15/h4-6,18H,3,7-8H2,1-2H3. The van der Waals surface area contributed by atoms with Gasteiger partial charge >= 0.3 is 0 Å². The summed E-state index contributed by atoms with van der Waals surface area (Å²) < 4.78 is 15.9. The topological polar surface area (TPSA) is 29.9 Å². The molecule has 1 aromatic carbocycles. The SMILES string of the molecule is CCc1nn(C)c(CNCc2cc(F)ccc2Br)c1Cl. The Kier molecular flexibility index (Phi) is 5.18. The first-order valence-electron chi connectivity index (χ1n) is 6.37. The molecule has 2 rings (SSSR count). The summed E-state index contributed by atoms with van der Waals surface area (Å²) in [6.07, 6.45) is 0.808. The number of aryl methyl sites for hydroxylation is 2. The minimum absolute atomic E-state index is 0.239. The zero-order chi connectivity index (χ0) is 14.7. The fourth-order valence-corrected chi connectivity index (χ4v) is 2.75. The van der Waals surface area contributed by atoms with Crippen LogP contribution in [-0.4, -0.2) is 9.78 Å². The first-order chi connectivity index (χ1) is 9.52. The van der Waals surface area contributed by atoms with Crippen LogP contribution in [0.25, 0.3) is 0 Å². The molecule has 0 atom stereocenters. The first kappa shape index (κ1) is 15.5. The van der Waals surface area contributed by atoms with Gasteiger partial charge in [-0.15, -0.1) is 0 Å². The van der Waals surface area contributed by atoms with Crippen molar-refractivity contribution >= 4 is 27.5 Å². The van der Waals surface area contributed by atoms with Gasteiger partial charge in [0.25, 0.3) is 0 Å². The zero-order valence-electron chi connectivity index (χ0n) is 11.4. The number of halogens is 3. The Labute approximate surface area is 131 Å². The largest absolute Gasteiger partial charge is 0.307 e. The van der Waals surface area contributed by atoms with Crippen LogP contribution < -0.4 is 5.32 Å². The second kappa shape index (κ2) is 6.70. The lowest BCUT2D eigenvalue weighted by molar-refractivity contribution is 0.607. The minimum Gasteiger partial charge on any atom is -0.307 e. The third-order valence-corrected chi connectivity index (χ3v) is 4.33. The Morgan fingerprint density at radius 1 is 1.40 bits per heavy atom. The molecule has 108 valence electrons. The quantitative estimate of drug-likeness (QED) is 0.878. The van der Waals surface area contributed by atoms with Crippen LogP contribution in [0, 0.1) is 5.82 Å². The van der Waals surface area contributed by atoms with E-state index in [1.54, 1.807) is 10.7 Å². The maximum Gasteiger partial charge on any atom is 0.123 e. The number of aromatic nitrogens is 2. The molecule has 1 N–H and O–H groups in total. The molecule has 20 heavy (non-hydrogen) atoms. The van der Waals surface area contributed by atoms with Gasteiger partial charge in [0.15, 0.2) is 0 Å². The third-order valence-electron chi connectivity index (χ3n) is 3.12. The van der Waals surface area contributed by atoms with E-state index in [-0.39, 0.29) is 5.82 Å². The third kappa shape index (κ3) is 3.40. The number of nitrogens with zero attached hydrogens (tertiary/aromatic N) is 2. The van der Waals surface area contributed by atoms with Gasteiger partial charge in [-0.2, -0.15) is 5.10 Å². The Hall–Kier alpha value is -0.910. The lowest BCUT2D eigenvalue weighted by Gasteiger charge is -2.08. The van der Waals surface area contributed by atoms with Gasteiger partial charge in [-0.25, -0.2) is 4.39 Å². The number of hydrogen-bond acceptors (Lipinski definition) is 2. The second-order valence-corrected chi connectivity index (χ2v) is 5.76. The summed E-state index contributed by atoms with van der Waals surface area (Å²) in [6.45, 7) is 3.17. The molecule has 0 fully saturated rings. The van der Waals surface area contributed by atoms with E-state index >= 15 is 0 Å². The average molecular weight is 361 g/mol. The molecular weight excluding hydrogens is 345 g/mol. The van der Waals surface area contributed by atoms with Crippen LogP contribution in [0.1, 0.15) is 23.9 Å². The Morgan fingerprint density at radius 3 is 2.80 bits per heavy atom. The second-order valence-electron chi connectivity index (χ2n) is 4.52. The molecule has 2 aromatic rings. The zero-order valence-corrected chi connectivity index (χ0v) is 13.7. The highest BCUT2D eigenvalue weighted by Crippen LogP contribution is 2.21. The van der Waals surface area contributed by atoms with Crippen molar-refractivity contribution in [3.8, 4) is 0 Å². The van der Waals surface area contributed by atoms with Crippen molar-refractivity contribution in [3.63, 3.8) is 0 Å². The van der Waals surface area contributed by atoms with Crippen molar-refractivity contribution in [2.45, 2.75) is 26.4 Å². The molecule has 0 unspecified atom stereocenters. The van der Waals surface area contributed by atoms with E-state index in [1.807, 2.05) is 14.0 Å². The van der Waals surface area contributed by atoms with Gasteiger partial charge < -0.3 is 5.32 Å². The van der Waals surface area contributed by atoms with Crippen LogP contribution in [0.4, 0.5) is 4.39 Å². The number of benzene rings is 1. The normalized spacial score (nSPS) is 11.1. The van der Waals surface area contributed by atoms with E-state index in [1.165, 1.54) is 12.1 Å². The predicted octanol–water partition coefficient (Wildman–Crippen LogP) is 3.83. The highest BCUT2D eigenvalue weighted by Gasteiger charge is 2.12. The summed E-state index contributed by atoms with van der Waals surface area (Å²) in [4.78, 5) is 0. The maximum absolute atomic E-state index is 13.2. The van der Waals surface area contributed by atoms with Crippen molar-refractivity contribution in [1.29, 1.82) is 0 Å². The van der Waals surface area contributed by atoms with Gasteiger partial charge in [-0.3, -0.25) is 4.68 Å². The van der Waals surface area contributed by atoms with Gasteiger partial charge in [-0.05, 0) is 30.2 Å². The van der Waals surface area contributed by atoms with Gasteiger partial charge in [-0.1, -0.05) is 34.5 Å². The van der Waals surface area contributed by atoms with Crippen molar-refractivity contribution in [1.82, 2.24) is 15.1 Å². The molecule has 3 nitrogen and oxygen atoms in total. The van der Waals surface area contributed by atoms with Crippen molar-refractivity contribution in [2.75, 3.05) is 0 Å². The van der Waals surface area contributed by atoms with Crippen LogP contribution in [0.5, 0.6) is 0 Å². The van der Waals surface area contributed by atoms with Gasteiger partial charge in [0.05, 0.1) is 16.4 Å². The lowest BCUT2D eigenvalue weighted by atomic mass is 10.2. The van der Waals surface area contributed by atoms with Crippen LogP contribution >= 0.6 is 27.5 Å². The Balaban J connectivity index is 2.03. The number of hydrogen-bond donors (Lipinski definition) is 1. The highest BCUT2D eigenvalue weighted by molar-refractivity contribution is 9.10. The molecule has 0 aliphatic rings. The average Bonchev–Trinajstić information content (AvgIpc) is 2.69. The van der Waals surface area contributed by atoms with Crippen LogP contribution in [0.3, 0.4) is 0 Å². The van der Waals surface area contributed by atoms with Gasteiger partial charge in [0, 0.05) is 24.6 Å². The number of rotatable bonds is 5. The van der Waals surface area contributed by atoms with Crippen molar-refractivity contribution in [2.24, 2.45) is 7.05 Å².